The van der Waals surface area contributed by atoms with Gasteiger partial charge >= 0.3 is 0 Å². The molecule has 0 bridgehead atoms. The molecule has 3 aromatic rings. The van der Waals surface area contributed by atoms with Crippen molar-refractivity contribution in [2.45, 2.75) is 26.7 Å². The quantitative estimate of drug-likeness (QED) is 0.783. The van der Waals surface area contributed by atoms with Crippen molar-refractivity contribution >= 4 is 10.9 Å². The molecular weight excluding hydrogens is 284 g/mol. The fourth-order valence-corrected chi connectivity index (χ4v) is 3.02. The Bertz CT molecular complexity index is 977. The van der Waals surface area contributed by atoms with Crippen molar-refractivity contribution in [2.75, 3.05) is 0 Å². The fraction of sp³-hybridized carbons (Fsp3) is 0.200. The van der Waals surface area contributed by atoms with Crippen molar-refractivity contribution in [3.8, 4) is 17.3 Å². The summed E-state index contributed by atoms with van der Waals surface area (Å²) in [6, 6.07) is 15.3. The molecule has 3 rings (SSSR count). The molecule has 23 heavy (non-hydrogen) atoms. The molecule has 0 saturated carbocycles. The van der Waals surface area contributed by atoms with Gasteiger partial charge in [-0.15, -0.1) is 0 Å². The molecule has 1 heterocycles. The van der Waals surface area contributed by atoms with Gasteiger partial charge in [0.05, 0.1) is 22.5 Å². The first-order valence-electron chi connectivity index (χ1n) is 7.80. The minimum absolute atomic E-state index is 0.122. The summed E-state index contributed by atoms with van der Waals surface area (Å²) in [6.45, 7) is 4.22. The highest BCUT2D eigenvalue weighted by atomic mass is 16.1. The van der Waals surface area contributed by atoms with Crippen molar-refractivity contribution < 1.29 is 0 Å². The maximum absolute atomic E-state index is 12.5. The van der Waals surface area contributed by atoms with Crippen LogP contribution < -0.4 is 5.43 Å². The molecule has 0 aliphatic carbocycles. The third-order valence-corrected chi connectivity index (χ3v) is 4.10. The van der Waals surface area contributed by atoms with Crippen LogP contribution in [0.5, 0.6) is 0 Å². The molecule has 0 aliphatic rings. The van der Waals surface area contributed by atoms with E-state index >= 15 is 0 Å². The SMILES string of the molecule is CCCc1ccc(-c2cc(=O)c3c(C#N)cccc3[nH]2)c(C)c1. The van der Waals surface area contributed by atoms with Crippen LogP contribution in [-0.2, 0) is 6.42 Å². The fourth-order valence-electron chi connectivity index (χ4n) is 3.02. The van der Waals surface area contributed by atoms with Crippen LogP contribution in [0.15, 0.2) is 47.3 Å². The minimum atomic E-state index is -0.122. The monoisotopic (exact) mass is 302 g/mol. The Morgan fingerprint density at radius 2 is 2.00 bits per heavy atom. The number of rotatable bonds is 3. The molecule has 0 spiro atoms. The van der Waals surface area contributed by atoms with Crippen LogP contribution in [0.1, 0.15) is 30.0 Å². The van der Waals surface area contributed by atoms with Crippen LogP contribution in [0.4, 0.5) is 0 Å². The summed E-state index contributed by atoms with van der Waals surface area (Å²) in [4.78, 5) is 15.8. The molecule has 3 nitrogen and oxygen atoms in total. The Labute approximate surface area is 135 Å². The zero-order valence-electron chi connectivity index (χ0n) is 13.3. The van der Waals surface area contributed by atoms with Crippen molar-refractivity contribution in [3.05, 3.63) is 69.4 Å². The smallest absolute Gasteiger partial charge is 0.191 e. The second-order valence-corrected chi connectivity index (χ2v) is 5.79. The number of aromatic amines is 1. The molecule has 1 aromatic heterocycles. The summed E-state index contributed by atoms with van der Waals surface area (Å²) in [6.07, 6.45) is 2.17. The Morgan fingerprint density at radius 3 is 2.70 bits per heavy atom. The van der Waals surface area contributed by atoms with Crippen LogP contribution in [0.2, 0.25) is 0 Å². The third kappa shape index (κ3) is 2.76. The lowest BCUT2D eigenvalue weighted by Gasteiger charge is -2.10. The van der Waals surface area contributed by atoms with Crippen LogP contribution in [0.25, 0.3) is 22.2 Å². The van der Waals surface area contributed by atoms with E-state index in [2.05, 4.69) is 43.1 Å². The second-order valence-electron chi connectivity index (χ2n) is 5.79. The maximum atomic E-state index is 12.5. The topological polar surface area (TPSA) is 56.6 Å². The molecule has 0 aliphatic heterocycles. The largest absolute Gasteiger partial charge is 0.354 e. The summed E-state index contributed by atoms with van der Waals surface area (Å²) < 4.78 is 0. The molecule has 0 unspecified atom stereocenters. The molecule has 0 radical (unpaired) electrons. The van der Waals surface area contributed by atoms with Crippen LogP contribution >= 0.6 is 0 Å². The lowest BCUT2D eigenvalue weighted by Crippen LogP contribution is -2.05. The molecule has 0 amide bonds. The zero-order valence-corrected chi connectivity index (χ0v) is 13.3. The van der Waals surface area contributed by atoms with E-state index in [0.29, 0.717) is 16.5 Å². The van der Waals surface area contributed by atoms with Crippen LogP contribution in [-0.4, -0.2) is 4.98 Å². The number of hydrogen-bond donors (Lipinski definition) is 1. The first kappa shape index (κ1) is 15.1. The number of benzene rings is 2. The first-order valence-corrected chi connectivity index (χ1v) is 7.80. The number of pyridine rings is 1. The van der Waals surface area contributed by atoms with Gasteiger partial charge in [-0.3, -0.25) is 4.79 Å². The number of H-pyrrole nitrogens is 1. The van der Waals surface area contributed by atoms with Crippen molar-refractivity contribution in [1.29, 1.82) is 5.26 Å². The van der Waals surface area contributed by atoms with Crippen LogP contribution in [0, 0.1) is 18.3 Å². The molecule has 0 atom stereocenters. The van der Waals surface area contributed by atoms with Gasteiger partial charge in [-0.2, -0.15) is 5.26 Å². The summed E-state index contributed by atoms with van der Waals surface area (Å²) in [5.74, 6) is 0. The standard InChI is InChI=1S/C20H18N2O/c1-3-5-14-8-9-16(13(2)10-14)18-11-19(23)20-15(12-21)6-4-7-17(20)22-18/h4,6-11H,3,5H2,1-2H3,(H,22,23). The van der Waals surface area contributed by atoms with Crippen LogP contribution in [0.3, 0.4) is 0 Å². The molecular formula is C20H18N2O. The molecule has 0 saturated heterocycles. The number of hydrogen-bond acceptors (Lipinski definition) is 2. The third-order valence-electron chi connectivity index (χ3n) is 4.10. The first-order chi connectivity index (χ1) is 11.1. The van der Waals surface area contributed by atoms with Crippen molar-refractivity contribution in [3.63, 3.8) is 0 Å². The normalized spacial score (nSPS) is 10.7. The number of nitrogens with one attached hydrogen (secondary N) is 1. The highest BCUT2D eigenvalue weighted by Crippen LogP contribution is 2.24. The van der Waals surface area contributed by atoms with Gasteiger partial charge in [0, 0.05) is 17.3 Å². The minimum Gasteiger partial charge on any atom is -0.354 e. The van der Waals surface area contributed by atoms with Crippen molar-refractivity contribution in [1.82, 2.24) is 4.98 Å². The Balaban J connectivity index is 2.19. The molecule has 1 N–H and O–H groups in total. The van der Waals surface area contributed by atoms with Gasteiger partial charge < -0.3 is 4.98 Å². The van der Waals surface area contributed by atoms with Gasteiger partial charge in [-0.05, 0) is 36.6 Å². The molecule has 114 valence electrons. The van der Waals surface area contributed by atoms with E-state index in [0.717, 1.165) is 29.7 Å². The predicted molar refractivity (Wildman–Crippen MR) is 93.5 cm³/mol. The predicted octanol–water partition coefficient (Wildman–Crippen LogP) is 4.33. The second kappa shape index (κ2) is 6.10. The molecule has 2 aromatic carbocycles. The average Bonchev–Trinajstić information content (AvgIpc) is 2.54. The Hall–Kier alpha value is -2.86. The van der Waals surface area contributed by atoms with Gasteiger partial charge in [0.15, 0.2) is 5.43 Å². The van der Waals surface area contributed by atoms with Gasteiger partial charge in [0.2, 0.25) is 0 Å². The van der Waals surface area contributed by atoms with Gasteiger partial charge in [0.25, 0.3) is 0 Å². The summed E-state index contributed by atoms with van der Waals surface area (Å²) >= 11 is 0. The number of aryl methyl sites for hydroxylation is 2. The van der Waals surface area contributed by atoms with Crippen molar-refractivity contribution in [2.24, 2.45) is 0 Å². The number of aromatic nitrogens is 1. The van der Waals surface area contributed by atoms with Gasteiger partial charge in [0.1, 0.15) is 0 Å². The number of nitriles is 1. The van der Waals surface area contributed by atoms with E-state index in [1.807, 2.05) is 6.07 Å². The lowest BCUT2D eigenvalue weighted by atomic mass is 9.99. The molecule has 0 fully saturated rings. The van der Waals surface area contributed by atoms with Gasteiger partial charge in [-0.25, -0.2) is 0 Å². The zero-order chi connectivity index (χ0) is 16.4. The summed E-state index contributed by atoms with van der Waals surface area (Å²) in [7, 11) is 0. The Morgan fingerprint density at radius 1 is 1.17 bits per heavy atom. The van der Waals surface area contributed by atoms with E-state index in [1.54, 1.807) is 18.2 Å². The van der Waals surface area contributed by atoms with E-state index < -0.39 is 0 Å². The van der Waals surface area contributed by atoms with E-state index in [1.165, 1.54) is 5.56 Å². The van der Waals surface area contributed by atoms with Gasteiger partial charge in [-0.1, -0.05) is 37.6 Å². The maximum Gasteiger partial charge on any atom is 0.191 e. The average molecular weight is 302 g/mol. The molecule has 3 heteroatoms. The summed E-state index contributed by atoms with van der Waals surface area (Å²) in [5.41, 5.74) is 5.24. The summed E-state index contributed by atoms with van der Waals surface area (Å²) in [5, 5.41) is 9.63. The highest BCUT2D eigenvalue weighted by Gasteiger charge is 2.10. The highest BCUT2D eigenvalue weighted by molar-refractivity contribution is 5.86. The lowest BCUT2D eigenvalue weighted by molar-refractivity contribution is 0.920. The number of fused-ring (bicyclic) bond motifs is 1. The van der Waals surface area contributed by atoms with E-state index in [9.17, 15) is 4.79 Å². The number of nitrogens with zero attached hydrogens (tertiary/aromatic N) is 1. The van der Waals surface area contributed by atoms with E-state index in [-0.39, 0.29) is 5.43 Å². The van der Waals surface area contributed by atoms with E-state index in [4.69, 9.17) is 5.26 Å². The Kier molecular flexibility index (Phi) is 3.99.